The van der Waals surface area contributed by atoms with E-state index in [1.807, 2.05) is 20.8 Å². The molecule has 1 heterocycles. The van der Waals surface area contributed by atoms with Gasteiger partial charge in [-0.2, -0.15) is 5.26 Å². The topological polar surface area (TPSA) is 86.0 Å². The third kappa shape index (κ3) is 4.06. The standard InChI is InChI=1S/C13H17N3O2/c1-9-4-5-10(8-14)12(15-9)16-13(2,3)7-6-11(17)18/h4-5H,6-7H2,1-3H3,(H,15,16)(H,17,18). The van der Waals surface area contributed by atoms with E-state index in [4.69, 9.17) is 10.4 Å². The predicted molar refractivity (Wildman–Crippen MR) is 68.3 cm³/mol. The van der Waals surface area contributed by atoms with Gasteiger partial charge in [0.1, 0.15) is 11.9 Å². The number of nitriles is 1. The number of nitrogens with one attached hydrogen (secondary N) is 1. The first-order valence-corrected chi connectivity index (χ1v) is 5.72. The van der Waals surface area contributed by atoms with Crippen molar-refractivity contribution in [1.29, 1.82) is 5.26 Å². The van der Waals surface area contributed by atoms with Crippen LogP contribution in [0.2, 0.25) is 0 Å². The number of aryl methyl sites for hydroxylation is 1. The predicted octanol–water partition coefficient (Wildman–Crippen LogP) is 2.32. The van der Waals surface area contributed by atoms with Gasteiger partial charge in [-0.05, 0) is 39.3 Å². The summed E-state index contributed by atoms with van der Waals surface area (Å²) in [4.78, 5) is 14.9. The van der Waals surface area contributed by atoms with E-state index in [2.05, 4.69) is 16.4 Å². The van der Waals surface area contributed by atoms with Crippen LogP contribution in [0, 0.1) is 18.3 Å². The van der Waals surface area contributed by atoms with E-state index in [-0.39, 0.29) is 6.42 Å². The average molecular weight is 247 g/mol. The van der Waals surface area contributed by atoms with Gasteiger partial charge in [-0.3, -0.25) is 4.79 Å². The van der Waals surface area contributed by atoms with Crippen molar-refractivity contribution in [3.63, 3.8) is 0 Å². The van der Waals surface area contributed by atoms with Gasteiger partial charge < -0.3 is 10.4 Å². The Hall–Kier alpha value is -2.09. The molecule has 0 spiro atoms. The lowest BCUT2D eigenvalue weighted by Gasteiger charge is -2.26. The van der Waals surface area contributed by atoms with Crippen molar-refractivity contribution < 1.29 is 9.90 Å². The number of carboxylic acid groups (broad SMARTS) is 1. The molecule has 0 fully saturated rings. The molecule has 5 nitrogen and oxygen atoms in total. The molecule has 18 heavy (non-hydrogen) atoms. The van der Waals surface area contributed by atoms with Crippen LogP contribution in [0.25, 0.3) is 0 Å². The van der Waals surface area contributed by atoms with E-state index < -0.39 is 11.5 Å². The number of nitrogens with zero attached hydrogens (tertiary/aromatic N) is 2. The van der Waals surface area contributed by atoms with Crippen LogP contribution in [0.15, 0.2) is 12.1 Å². The molecule has 1 aromatic rings. The first-order chi connectivity index (χ1) is 8.34. The number of anilines is 1. The molecule has 0 bridgehead atoms. The molecule has 1 rings (SSSR count). The smallest absolute Gasteiger partial charge is 0.303 e. The Labute approximate surface area is 106 Å². The Balaban J connectivity index is 2.86. The van der Waals surface area contributed by atoms with E-state index in [9.17, 15) is 4.79 Å². The van der Waals surface area contributed by atoms with Gasteiger partial charge in [0.2, 0.25) is 0 Å². The first kappa shape index (κ1) is 14.0. The van der Waals surface area contributed by atoms with E-state index in [0.29, 0.717) is 17.8 Å². The van der Waals surface area contributed by atoms with Gasteiger partial charge >= 0.3 is 5.97 Å². The van der Waals surface area contributed by atoms with Crippen LogP contribution in [0.3, 0.4) is 0 Å². The Morgan fingerprint density at radius 2 is 2.22 bits per heavy atom. The number of carboxylic acids is 1. The molecule has 0 aliphatic carbocycles. The van der Waals surface area contributed by atoms with Gasteiger partial charge in [-0.1, -0.05) is 0 Å². The average Bonchev–Trinajstić information content (AvgIpc) is 2.26. The second-order valence-corrected chi connectivity index (χ2v) is 4.86. The van der Waals surface area contributed by atoms with Gasteiger partial charge in [0.15, 0.2) is 0 Å². The highest BCUT2D eigenvalue weighted by Gasteiger charge is 2.20. The number of aliphatic carboxylic acids is 1. The molecule has 2 N–H and O–H groups in total. The quantitative estimate of drug-likeness (QED) is 0.833. The van der Waals surface area contributed by atoms with Crippen molar-refractivity contribution >= 4 is 11.8 Å². The summed E-state index contributed by atoms with van der Waals surface area (Å²) in [6.45, 7) is 5.62. The highest BCUT2D eigenvalue weighted by atomic mass is 16.4. The molecule has 0 aliphatic rings. The normalized spacial score (nSPS) is 10.8. The molecule has 0 aromatic carbocycles. The number of hydrogen-bond donors (Lipinski definition) is 2. The Kier molecular flexibility index (Phi) is 4.27. The van der Waals surface area contributed by atoms with E-state index >= 15 is 0 Å². The van der Waals surface area contributed by atoms with Gasteiger partial charge in [0.25, 0.3) is 0 Å². The number of rotatable bonds is 5. The molecule has 0 aliphatic heterocycles. The van der Waals surface area contributed by atoms with Crippen LogP contribution >= 0.6 is 0 Å². The highest BCUT2D eigenvalue weighted by Crippen LogP contribution is 2.21. The molecule has 96 valence electrons. The van der Waals surface area contributed by atoms with Crippen LogP contribution in [-0.2, 0) is 4.79 Å². The summed E-state index contributed by atoms with van der Waals surface area (Å²) in [5, 5.41) is 20.8. The fourth-order valence-electron chi connectivity index (χ4n) is 1.54. The van der Waals surface area contributed by atoms with Gasteiger partial charge in [0.05, 0.1) is 5.56 Å². The number of hydrogen-bond acceptors (Lipinski definition) is 4. The molecule has 0 radical (unpaired) electrons. The lowest BCUT2D eigenvalue weighted by molar-refractivity contribution is -0.137. The second-order valence-electron chi connectivity index (χ2n) is 4.86. The lowest BCUT2D eigenvalue weighted by atomic mass is 9.98. The van der Waals surface area contributed by atoms with Crippen LogP contribution in [0.1, 0.15) is 37.9 Å². The fraction of sp³-hybridized carbons (Fsp3) is 0.462. The van der Waals surface area contributed by atoms with Crippen LogP contribution in [0.5, 0.6) is 0 Å². The van der Waals surface area contributed by atoms with Crippen molar-refractivity contribution in [2.24, 2.45) is 0 Å². The molecule has 0 saturated heterocycles. The number of carbonyl (C=O) groups is 1. The van der Waals surface area contributed by atoms with Gasteiger partial charge in [-0.15, -0.1) is 0 Å². The molecule has 5 heteroatoms. The SMILES string of the molecule is Cc1ccc(C#N)c(NC(C)(C)CCC(=O)O)n1. The Morgan fingerprint density at radius 3 is 2.78 bits per heavy atom. The molecular weight excluding hydrogens is 230 g/mol. The summed E-state index contributed by atoms with van der Waals surface area (Å²) in [5.74, 6) is -0.324. The zero-order valence-corrected chi connectivity index (χ0v) is 10.8. The minimum Gasteiger partial charge on any atom is -0.481 e. The fourth-order valence-corrected chi connectivity index (χ4v) is 1.54. The maximum absolute atomic E-state index is 10.6. The van der Waals surface area contributed by atoms with Crippen LogP contribution in [0.4, 0.5) is 5.82 Å². The third-order valence-corrected chi connectivity index (χ3v) is 2.58. The lowest BCUT2D eigenvalue weighted by Crippen LogP contribution is -2.32. The summed E-state index contributed by atoms with van der Waals surface area (Å²) >= 11 is 0. The highest BCUT2D eigenvalue weighted by molar-refractivity contribution is 5.67. The molecule has 0 saturated carbocycles. The van der Waals surface area contributed by atoms with Crippen molar-refractivity contribution in [1.82, 2.24) is 4.98 Å². The van der Waals surface area contributed by atoms with Crippen LogP contribution in [-0.4, -0.2) is 21.6 Å². The molecule has 0 amide bonds. The summed E-state index contributed by atoms with van der Waals surface area (Å²) in [6.07, 6.45) is 0.538. The molecule has 0 unspecified atom stereocenters. The summed E-state index contributed by atoms with van der Waals surface area (Å²) in [7, 11) is 0. The Morgan fingerprint density at radius 1 is 1.56 bits per heavy atom. The van der Waals surface area contributed by atoms with E-state index in [0.717, 1.165) is 5.69 Å². The van der Waals surface area contributed by atoms with Crippen molar-refractivity contribution in [2.45, 2.75) is 39.2 Å². The van der Waals surface area contributed by atoms with Gasteiger partial charge in [-0.25, -0.2) is 4.98 Å². The monoisotopic (exact) mass is 247 g/mol. The molecular formula is C13H17N3O2. The Bertz CT molecular complexity index is 489. The zero-order valence-electron chi connectivity index (χ0n) is 10.8. The molecule has 0 atom stereocenters. The first-order valence-electron chi connectivity index (χ1n) is 5.72. The number of pyridine rings is 1. The number of aromatic nitrogens is 1. The zero-order chi connectivity index (χ0) is 13.8. The maximum Gasteiger partial charge on any atom is 0.303 e. The molecule has 1 aromatic heterocycles. The largest absolute Gasteiger partial charge is 0.481 e. The minimum absolute atomic E-state index is 0.0771. The summed E-state index contributed by atoms with van der Waals surface area (Å²) < 4.78 is 0. The van der Waals surface area contributed by atoms with E-state index in [1.165, 1.54) is 0 Å². The summed E-state index contributed by atoms with van der Waals surface area (Å²) in [5.41, 5.74) is 0.847. The van der Waals surface area contributed by atoms with E-state index in [1.54, 1.807) is 12.1 Å². The van der Waals surface area contributed by atoms with Crippen LogP contribution < -0.4 is 5.32 Å². The second kappa shape index (κ2) is 5.50. The van der Waals surface area contributed by atoms with Crippen molar-refractivity contribution in [3.05, 3.63) is 23.4 Å². The minimum atomic E-state index is -0.831. The van der Waals surface area contributed by atoms with Crippen molar-refractivity contribution in [2.75, 3.05) is 5.32 Å². The van der Waals surface area contributed by atoms with Gasteiger partial charge in [0, 0.05) is 17.7 Å². The maximum atomic E-state index is 10.6. The summed E-state index contributed by atoms with van der Waals surface area (Å²) in [6, 6.07) is 5.55. The van der Waals surface area contributed by atoms with Crippen molar-refractivity contribution in [3.8, 4) is 6.07 Å². The third-order valence-electron chi connectivity index (χ3n) is 2.58.